The minimum absolute atomic E-state index is 1.04. The predicted octanol–water partition coefficient (Wildman–Crippen LogP) is 4.66. The number of nitrogens with zero attached hydrogens (tertiary/aromatic N) is 2. The van der Waals surface area contributed by atoms with E-state index in [4.69, 9.17) is 4.98 Å². The van der Waals surface area contributed by atoms with E-state index in [-0.39, 0.29) is 0 Å². The lowest BCUT2D eigenvalue weighted by Crippen LogP contribution is -1.94. The second kappa shape index (κ2) is 5.33. The molecular weight excluding hydrogens is 264 g/mol. The van der Waals surface area contributed by atoms with Crippen LogP contribution in [0.1, 0.15) is 12.5 Å². The van der Waals surface area contributed by atoms with E-state index in [9.17, 15) is 0 Å². The molecule has 0 unspecified atom stereocenters. The van der Waals surface area contributed by atoms with Crippen molar-refractivity contribution in [3.05, 3.63) is 48.0 Å². The van der Waals surface area contributed by atoms with Gasteiger partial charge in [-0.05, 0) is 36.4 Å². The summed E-state index contributed by atoms with van der Waals surface area (Å²) in [7, 11) is 2.09. The largest absolute Gasteiger partial charge is 0.327 e. The van der Waals surface area contributed by atoms with Gasteiger partial charge in [-0.1, -0.05) is 31.2 Å². The Morgan fingerprint density at radius 3 is 2.75 bits per heavy atom. The molecule has 3 heteroatoms. The van der Waals surface area contributed by atoms with Gasteiger partial charge >= 0.3 is 0 Å². The molecule has 3 aromatic rings. The summed E-state index contributed by atoms with van der Waals surface area (Å²) < 4.78 is 2.18. The fourth-order valence-electron chi connectivity index (χ4n) is 2.48. The van der Waals surface area contributed by atoms with E-state index in [1.165, 1.54) is 21.5 Å². The first-order valence-electron chi connectivity index (χ1n) is 6.86. The molecule has 20 heavy (non-hydrogen) atoms. The van der Waals surface area contributed by atoms with Crippen LogP contribution in [0.3, 0.4) is 0 Å². The van der Waals surface area contributed by atoms with E-state index in [0.717, 1.165) is 17.1 Å². The first-order valence-corrected chi connectivity index (χ1v) is 7.84. The van der Waals surface area contributed by atoms with Crippen molar-refractivity contribution in [2.75, 3.05) is 5.75 Å². The van der Waals surface area contributed by atoms with Gasteiger partial charge in [-0.25, -0.2) is 4.98 Å². The standard InChI is InChI=1S/C17H18N2S/c1-4-20-16-8-6-5-7-13(16)17-18-14-11-12(2)9-10-15(14)19(17)3/h5-11H,4H2,1-3H3. The number of aromatic nitrogens is 2. The maximum atomic E-state index is 4.84. The van der Waals surface area contributed by atoms with Gasteiger partial charge in [0.1, 0.15) is 5.82 Å². The van der Waals surface area contributed by atoms with Crippen molar-refractivity contribution in [2.24, 2.45) is 7.05 Å². The van der Waals surface area contributed by atoms with Crippen molar-refractivity contribution in [3.63, 3.8) is 0 Å². The summed E-state index contributed by atoms with van der Waals surface area (Å²) >= 11 is 1.87. The third kappa shape index (κ3) is 2.22. The maximum Gasteiger partial charge on any atom is 0.141 e. The SMILES string of the molecule is CCSc1ccccc1-c1nc2cc(C)ccc2n1C. The molecule has 1 aromatic heterocycles. The molecule has 0 bridgehead atoms. The number of rotatable bonds is 3. The molecule has 2 aromatic carbocycles. The highest BCUT2D eigenvalue weighted by molar-refractivity contribution is 7.99. The van der Waals surface area contributed by atoms with E-state index in [1.807, 2.05) is 11.8 Å². The molecule has 0 saturated carbocycles. The highest BCUT2D eigenvalue weighted by Gasteiger charge is 2.13. The number of aryl methyl sites for hydroxylation is 2. The molecule has 0 aliphatic rings. The van der Waals surface area contributed by atoms with Crippen LogP contribution in [-0.2, 0) is 7.05 Å². The number of thioether (sulfide) groups is 1. The van der Waals surface area contributed by atoms with Crippen LogP contribution in [0.15, 0.2) is 47.4 Å². The van der Waals surface area contributed by atoms with Gasteiger partial charge in [0.05, 0.1) is 11.0 Å². The lowest BCUT2D eigenvalue weighted by Gasteiger charge is -2.08. The summed E-state index contributed by atoms with van der Waals surface area (Å²) in [6, 6.07) is 14.9. The molecular formula is C17H18N2S. The minimum atomic E-state index is 1.04. The molecule has 102 valence electrons. The second-order valence-corrected chi connectivity index (χ2v) is 6.22. The van der Waals surface area contributed by atoms with Gasteiger partial charge in [0, 0.05) is 17.5 Å². The van der Waals surface area contributed by atoms with Crippen LogP contribution in [0.4, 0.5) is 0 Å². The Morgan fingerprint density at radius 2 is 1.95 bits per heavy atom. The van der Waals surface area contributed by atoms with Crippen molar-refractivity contribution < 1.29 is 0 Å². The van der Waals surface area contributed by atoms with Crippen molar-refractivity contribution in [1.82, 2.24) is 9.55 Å². The summed E-state index contributed by atoms with van der Waals surface area (Å²) in [6.45, 7) is 4.29. The topological polar surface area (TPSA) is 17.8 Å². The van der Waals surface area contributed by atoms with Gasteiger partial charge in [-0.3, -0.25) is 0 Å². The molecule has 0 saturated heterocycles. The van der Waals surface area contributed by atoms with E-state index in [1.54, 1.807) is 0 Å². The Kier molecular flexibility index (Phi) is 3.53. The highest BCUT2D eigenvalue weighted by atomic mass is 32.2. The Morgan fingerprint density at radius 1 is 1.15 bits per heavy atom. The number of imidazole rings is 1. The summed E-state index contributed by atoms with van der Waals surface area (Å²) in [6.07, 6.45) is 0. The van der Waals surface area contributed by atoms with Crippen molar-refractivity contribution in [1.29, 1.82) is 0 Å². The number of hydrogen-bond donors (Lipinski definition) is 0. The van der Waals surface area contributed by atoms with Gasteiger partial charge in [-0.2, -0.15) is 0 Å². The molecule has 0 spiro atoms. The Bertz CT molecular complexity index is 759. The highest BCUT2D eigenvalue weighted by Crippen LogP contribution is 2.32. The summed E-state index contributed by atoms with van der Waals surface area (Å²) in [5.41, 5.74) is 4.72. The molecule has 3 rings (SSSR count). The Balaban J connectivity index is 2.22. The zero-order valence-electron chi connectivity index (χ0n) is 12.1. The molecule has 2 nitrogen and oxygen atoms in total. The average Bonchev–Trinajstić information content (AvgIpc) is 2.76. The van der Waals surface area contributed by atoms with E-state index >= 15 is 0 Å². The van der Waals surface area contributed by atoms with E-state index < -0.39 is 0 Å². The van der Waals surface area contributed by atoms with Gasteiger partial charge < -0.3 is 4.57 Å². The lowest BCUT2D eigenvalue weighted by molar-refractivity contribution is 0.955. The summed E-state index contributed by atoms with van der Waals surface area (Å²) in [4.78, 5) is 6.13. The Labute approximate surface area is 123 Å². The van der Waals surface area contributed by atoms with Crippen LogP contribution in [0, 0.1) is 6.92 Å². The second-order valence-electron chi connectivity index (χ2n) is 4.92. The van der Waals surface area contributed by atoms with Crippen LogP contribution in [0.25, 0.3) is 22.4 Å². The van der Waals surface area contributed by atoms with Crippen molar-refractivity contribution in [3.8, 4) is 11.4 Å². The molecule has 0 radical (unpaired) electrons. The Hall–Kier alpha value is -1.74. The van der Waals surface area contributed by atoms with E-state index in [2.05, 4.69) is 67.9 Å². The van der Waals surface area contributed by atoms with Gasteiger partial charge in [0.15, 0.2) is 0 Å². The molecule has 0 aliphatic carbocycles. The first kappa shape index (κ1) is 13.3. The number of benzene rings is 2. The quantitative estimate of drug-likeness (QED) is 0.650. The molecule has 0 fully saturated rings. The van der Waals surface area contributed by atoms with Crippen LogP contribution in [0.2, 0.25) is 0 Å². The summed E-state index contributed by atoms with van der Waals surface area (Å²) in [5.74, 6) is 2.11. The van der Waals surface area contributed by atoms with Crippen LogP contribution >= 0.6 is 11.8 Å². The number of hydrogen-bond acceptors (Lipinski definition) is 2. The zero-order chi connectivity index (χ0) is 14.1. The monoisotopic (exact) mass is 282 g/mol. The first-order chi connectivity index (χ1) is 9.70. The normalized spacial score (nSPS) is 11.2. The molecule has 0 amide bonds. The van der Waals surface area contributed by atoms with Gasteiger partial charge in [0.2, 0.25) is 0 Å². The van der Waals surface area contributed by atoms with Crippen LogP contribution < -0.4 is 0 Å². The van der Waals surface area contributed by atoms with Crippen molar-refractivity contribution >= 4 is 22.8 Å². The smallest absolute Gasteiger partial charge is 0.141 e. The van der Waals surface area contributed by atoms with E-state index in [0.29, 0.717) is 0 Å². The number of fused-ring (bicyclic) bond motifs is 1. The fourth-order valence-corrected chi connectivity index (χ4v) is 3.28. The average molecular weight is 282 g/mol. The maximum absolute atomic E-state index is 4.84. The van der Waals surface area contributed by atoms with Crippen LogP contribution in [0.5, 0.6) is 0 Å². The third-order valence-electron chi connectivity index (χ3n) is 3.46. The zero-order valence-corrected chi connectivity index (χ0v) is 12.9. The molecule has 0 aliphatic heterocycles. The fraction of sp³-hybridized carbons (Fsp3) is 0.235. The molecule has 1 heterocycles. The minimum Gasteiger partial charge on any atom is -0.327 e. The van der Waals surface area contributed by atoms with Gasteiger partial charge in [0.25, 0.3) is 0 Å². The van der Waals surface area contributed by atoms with Crippen molar-refractivity contribution in [2.45, 2.75) is 18.7 Å². The third-order valence-corrected chi connectivity index (χ3v) is 4.42. The molecule has 0 atom stereocenters. The van der Waals surface area contributed by atoms with Gasteiger partial charge in [-0.15, -0.1) is 11.8 Å². The summed E-state index contributed by atoms with van der Waals surface area (Å²) in [5, 5.41) is 0. The predicted molar refractivity (Wildman–Crippen MR) is 87.3 cm³/mol. The van der Waals surface area contributed by atoms with Crippen LogP contribution in [-0.4, -0.2) is 15.3 Å². The lowest BCUT2D eigenvalue weighted by atomic mass is 10.2. The molecule has 0 N–H and O–H groups in total.